The van der Waals surface area contributed by atoms with Crippen LogP contribution < -0.4 is 21.3 Å². The van der Waals surface area contributed by atoms with Gasteiger partial charge < -0.3 is 30.7 Å². The number of ether oxygens (including phenoxy) is 2. The zero-order chi connectivity index (χ0) is 31.2. The van der Waals surface area contributed by atoms with Gasteiger partial charge in [-0.05, 0) is 68.8 Å². The molecule has 0 spiro atoms. The number of benzene rings is 3. The van der Waals surface area contributed by atoms with Crippen LogP contribution in [0, 0.1) is 0 Å². The first-order valence-corrected chi connectivity index (χ1v) is 14.6. The number of amides is 1. The summed E-state index contributed by atoms with van der Waals surface area (Å²) in [6.45, 7) is 8.48. The van der Waals surface area contributed by atoms with Crippen LogP contribution in [-0.2, 0) is 25.5 Å². The maximum atomic E-state index is 13.5. The van der Waals surface area contributed by atoms with E-state index in [1.165, 1.54) is 0 Å². The minimum Gasteiger partial charge on any atom is -0.458 e. The summed E-state index contributed by atoms with van der Waals surface area (Å²) in [5.74, 6) is -1.11. The molecule has 44 heavy (non-hydrogen) atoms. The van der Waals surface area contributed by atoms with Crippen molar-refractivity contribution < 1.29 is 19.1 Å². The number of morpholine rings is 1. The molecule has 0 saturated carbocycles. The van der Waals surface area contributed by atoms with Crippen LogP contribution in [0.5, 0.6) is 0 Å². The van der Waals surface area contributed by atoms with Crippen molar-refractivity contribution in [1.29, 1.82) is 0 Å². The van der Waals surface area contributed by atoms with Gasteiger partial charge >= 0.3 is 5.97 Å². The molecule has 0 radical (unpaired) electrons. The summed E-state index contributed by atoms with van der Waals surface area (Å²) in [7, 11) is 0. The van der Waals surface area contributed by atoms with E-state index in [1.807, 2.05) is 60.7 Å². The molecule has 3 aromatic carbocycles. The number of aromatic nitrogens is 2. The van der Waals surface area contributed by atoms with Gasteiger partial charge in [0.15, 0.2) is 0 Å². The fourth-order valence-corrected chi connectivity index (χ4v) is 4.94. The fraction of sp³-hybridized carbons (Fsp3) is 0.294. The molecule has 4 N–H and O–H groups in total. The van der Waals surface area contributed by atoms with Crippen LogP contribution in [0.3, 0.4) is 0 Å². The molecule has 1 saturated heterocycles. The standard InChI is InChI=1S/C34H38N6O4/c1-33(2,3)44-31(42)34(30(35)41,23-24-7-5-4-6-8-24)39-27-11-9-25(10-12-27)29-17-18-36-32(38-29)37-26-13-15-28(16-14-26)40-19-21-43-22-20-40/h4-18,39H,19-23H2,1-3H3,(H2,35,41)(H,36,37,38)/t34-/m1/s1. The van der Waals surface area contributed by atoms with Crippen LogP contribution in [0.25, 0.3) is 11.3 Å². The highest BCUT2D eigenvalue weighted by Crippen LogP contribution is 2.28. The lowest BCUT2D eigenvalue weighted by molar-refractivity contribution is -0.162. The molecule has 1 aromatic heterocycles. The highest BCUT2D eigenvalue weighted by Gasteiger charge is 2.47. The van der Waals surface area contributed by atoms with Crippen molar-refractivity contribution in [3.8, 4) is 11.3 Å². The Morgan fingerprint density at radius 1 is 0.909 bits per heavy atom. The Morgan fingerprint density at radius 2 is 1.57 bits per heavy atom. The third-order valence-corrected chi connectivity index (χ3v) is 7.17. The predicted octanol–water partition coefficient (Wildman–Crippen LogP) is 4.94. The van der Waals surface area contributed by atoms with Crippen molar-refractivity contribution >= 4 is 34.9 Å². The summed E-state index contributed by atoms with van der Waals surface area (Å²) in [6.07, 6.45) is 1.72. The first-order valence-electron chi connectivity index (χ1n) is 14.6. The summed E-state index contributed by atoms with van der Waals surface area (Å²) in [6, 6.07) is 26.5. The van der Waals surface area contributed by atoms with E-state index < -0.39 is 23.0 Å². The molecule has 1 atom stereocenters. The normalized spacial score (nSPS) is 14.8. The lowest BCUT2D eigenvalue weighted by Gasteiger charge is -2.33. The molecule has 1 aliphatic heterocycles. The van der Waals surface area contributed by atoms with Crippen molar-refractivity contribution in [1.82, 2.24) is 9.97 Å². The number of carbonyl (C=O) groups excluding carboxylic acids is 2. The molecule has 1 aliphatic rings. The Labute approximate surface area is 257 Å². The van der Waals surface area contributed by atoms with Gasteiger partial charge in [-0.25, -0.2) is 14.8 Å². The van der Waals surface area contributed by atoms with Crippen LogP contribution in [0.1, 0.15) is 26.3 Å². The smallest absolute Gasteiger partial charge is 0.342 e. The van der Waals surface area contributed by atoms with Crippen molar-refractivity contribution in [3.63, 3.8) is 0 Å². The van der Waals surface area contributed by atoms with Gasteiger partial charge in [0.2, 0.25) is 11.5 Å². The van der Waals surface area contributed by atoms with E-state index >= 15 is 0 Å². The summed E-state index contributed by atoms with van der Waals surface area (Å²) < 4.78 is 11.1. The van der Waals surface area contributed by atoms with E-state index in [1.54, 1.807) is 39.1 Å². The number of rotatable bonds is 10. The first kappa shape index (κ1) is 30.5. The summed E-state index contributed by atoms with van der Waals surface area (Å²) in [4.78, 5) is 37.8. The number of nitrogens with two attached hydrogens (primary N) is 1. The number of hydrogen-bond acceptors (Lipinski definition) is 9. The third kappa shape index (κ3) is 7.51. The first-order chi connectivity index (χ1) is 21.1. The summed E-state index contributed by atoms with van der Waals surface area (Å²) in [5.41, 5.74) is 8.12. The molecule has 0 unspecified atom stereocenters. The Morgan fingerprint density at radius 3 is 2.20 bits per heavy atom. The average Bonchev–Trinajstić information content (AvgIpc) is 3.01. The Balaban J connectivity index is 1.33. The molecule has 10 heteroatoms. The second-order valence-corrected chi connectivity index (χ2v) is 11.7. The van der Waals surface area contributed by atoms with Crippen molar-refractivity contribution in [2.45, 2.75) is 38.3 Å². The topological polar surface area (TPSA) is 132 Å². The highest BCUT2D eigenvalue weighted by molar-refractivity contribution is 6.10. The fourth-order valence-electron chi connectivity index (χ4n) is 4.94. The van der Waals surface area contributed by atoms with Crippen LogP contribution in [-0.4, -0.2) is 59.3 Å². The largest absolute Gasteiger partial charge is 0.458 e. The molecular formula is C34H38N6O4. The molecule has 2 heterocycles. The van der Waals surface area contributed by atoms with Crippen LogP contribution in [0.2, 0.25) is 0 Å². The third-order valence-electron chi connectivity index (χ3n) is 7.17. The number of primary amides is 1. The number of nitrogens with one attached hydrogen (secondary N) is 2. The molecule has 0 bridgehead atoms. The quantitative estimate of drug-likeness (QED) is 0.172. The summed E-state index contributed by atoms with van der Waals surface area (Å²) in [5, 5.41) is 6.38. The van der Waals surface area contributed by atoms with E-state index in [4.69, 9.17) is 15.2 Å². The van der Waals surface area contributed by atoms with Crippen LogP contribution >= 0.6 is 0 Å². The Hall–Kier alpha value is -4.96. The molecule has 1 amide bonds. The Kier molecular flexibility index (Phi) is 9.10. The number of carbonyl (C=O) groups is 2. The average molecular weight is 595 g/mol. The lowest BCUT2D eigenvalue weighted by atomic mass is 9.89. The van der Waals surface area contributed by atoms with E-state index in [9.17, 15) is 9.59 Å². The minimum atomic E-state index is -1.82. The zero-order valence-electron chi connectivity index (χ0n) is 25.2. The van der Waals surface area contributed by atoms with Crippen molar-refractivity contribution in [2.24, 2.45) is 5.73 Å². The number of nitrogens with zero attached hydrogens (tertiary/aromatic N) is 3. The van der Waals surface area contributed by atoms with Gasteiger partial charge in [-0.3, -0.25) is 4.79 Å². The molecule has 5 rings (SSSR count). The van der Waals surface area contributed by atoms with Gasteiger partial charge in [-0.2, -0.15) is 0 Å². The second kappa shape index (κ2) is 13.1. The molecular weight excluding hydrogens is 556 g/mol. The maximum Gasteiger partial charge on any atom is 0.342 e. The van der Waals surface area contributed by atoms with E-state index in [0.717, 1.165) is 48.8 Å². The van der Waals surface area contributed by atoms with E-state index in [0.29, 0.717) is 17.3 Å². The van der Waals surface area contributed by atoms with Crippen molar-refractivity contribution in [3.05, 3.63) is 96.7 Å². The van der Waals surface area contributed by atoms with Gasteiger partial charge in [-0.15, -0.1) is 0 Å². The zero-order valence-corrected chi connectivity index (χ0v) is 25.2. The van der Waals surface area contributed by atoms with Gasteiger partial charge in [0, 0.05) is 48.3 Å². The van der Waals surface area contributed by atoms with E-state index in [2.05, 4.69) is 37.6 Å². The molecule has 4 aromatic rings. The van der Waals surface area contributed by atoms with Crippen LogP contribution in [0.4, 0.5) is 23.0 Å². The monoisotopic (exact) mass is 594 g/mol. The molecule has 1 fully saturated rings. The molecule has 228 valence electrons. The van der Waals surface area contributed by atoms with Gasteiger partial charge in [0.25, 0.3) is 5.91 Å². The molecule has 0 aliphatic carbocycles. The lowest BCUT2D eigenvalue weighted by Crippen LogP contribution is -2.60. The highest BCUT2D eigenvalue weighted by atomic mass is 16.6. The SMILES string of the molecule is CC(C)(C)OC(=O)[C@](Cc1ccccc1)(Nc1ccc(-c2ccnc(Nc3ccc(N4CCOCC4)cc3)n2)cc1)C(N)=O. The van der Waals surface area contributed by atoms with Gasteiger partial charge in [0.05, 0.1) is 18.9 Å². The number of esters is 1. The van der Waals surface area contributed by atoms with Gasteiger partial charge in [0.1, 0.15) is 5.60 Å². The number of hydrogen-bond donors (Lipinski definition) is 3. The maximum absolute atomic E-state index is 13.5. The Bertz CT molecular complexity index is 1570. The second-order valence-electron chi connectivity index (χ2n) is 11.7. The number of anilines is 4. The van der Waals surface area contributed by atoms with Crippen molar-refractivity contribution in [2.75, 3.05) is 41.8 Å². The minimum absolute atomic E-state index is 0.0220. The van der Waals surface area contributed by atoms with E-state index in [-0.39, 0.29) is 6.42 Å². The predicted molar refractivity (Wildman–Crippen MR) is 172 cm³/mol. The van der Waals surface area contributed by atoms with Crippen LogP contribution in [0.15, 0.2) is 91.1 Å². The van der Waals surface area contributed by atoms with Gasteiger partial charge in [-0.1, -0.05) is 42.5 Å². The molecule has 10 nitrogen and oxygen atoms in total. The summed E-state index contributed by atoms with van der Waals surface area (Å²) >= 11 is 0.